The third kappa shape index (κ3) is 2.80. The molecule has 0 aliphatic carbocycles. The molecular formula is C15H15FN4S. The minimum atomic E-state index is -0.381. The molecule has 0 aliphatic rings. The van der Waals surface area contributed by atoms with Crippen LogP contribution in [-0.2, 0) is 6.42 Å². The third-order valence-electron chi connectivity index (χ3n) is 3.23. The largest absolute Gasteiger partial charge is 0.398 e. The minimum Gasteiger partial charge on any atom is -0.398 e. The number of halogens is 1. The Balaban J connectivity index is 1.83. The molecular weight excluding hydrogens is 287 g/mol. The fourth-order valence-corrected chi connectivity index (χ4v) is 2.89. The number of hydrogen-bond acceptors (Lipinski definition) is 5. The summed E-state index contributed by atoms with van der Waals surface area (Å²) in [7, 11) is 0. The maximum Gasteiger partial charge on any atom is 0.150 e. The van der Waals surface area contributed by atoms with Gasteiger partial charge in [-0.15, -0.1) is 11.3 Å². The van der Waals surface area contributed by atoms with Crippen molar-refractivity contribution in [3.8, 4) is 0 Å². The van der Waals surface area contributed by atoms with Crippen LogP contribution in [0.2, 0.25) is 0 Å². The van der Waals surface area contributed by atoms with Crippen LogP contribution >= 0.6 is 11.3 Å². The van der Waals surface area contributed by atoms with E-state index in [1.807, 2.05) is 18.4 Å². The molecule has 1 aromatic carbocycles. The molecule has 0 atom stereocenters. The lowest BCUT2D eigenvalue weighted by molar-refractivity contribution is 0.632. The zero-order valence-electron chi connectivity index (χ0n) is 11.6. The molecule has 0 radical (unpaired) electrons. The minimum absolute atomic E-state index is 0.381. The molecule has 0 saturated carbocycles. The van der Waals surface area contributed by atoms with E-state index in [2.05, 4.69) is 15.3 Å². The van der Waals surface area contributed by atoms with Crippen LogP contribution < -0.4 is 11.1 Å². The molecule has 0 unspecified atom stereocenters. The highest BCUT2D eigenvalue weighted by molar-refractivity contribution is 7.09. The van der Waals surface area contributed by atoms with E-state index in [9.17, 15) is 4.39 Å². The molecule has 0 aliphatic heterocycles. The van der Waals surface area contributed by atoms with Crippen LogP contribution in [0.25, 0.3) is 10.9 Å². The molecule has 3 aromatic rings. The summed E-state index contributed by atoms with van der Waals surface area (Å²) in [4.78, 5) is 8.63. The summed E-state index contributed by atoms with van der Waals surface area (Å²) < 4.78 is 14.1. The highest BCUT2D eigenvalue weighted by atomic mass is 32.1. The van der Waals surface area contributed by atoms with Gasteiger partial charge < -0.3 is 11.1 Å². The molecule has 0 saturated heterocycles. The molecule has 3 rings (SSSR count). The predicted octanol–water partition coefficient (Wildman–Crippen LogP) is 3.38. The average molecular weight is 302 g/mol. The van der Waals surface area contributed by atoms with Crippen LogP contribution in [0.1, 0.15) is 10.7 Å². The van der Waals surface area contributed by atoms with Gasteiger partial charge in [-0.05, 0) is 25.1 Å². The van der Waals surface area contributed by atoms with E-state index in [-0.39, 0.29) is 5.82 Å². The second kappa shape index (κ2) is 5.65. The van der Waals surface area contributed by atoms with Gasteiger partial charge in [-0.2, -0.15) is 0 Å². The highest BCUT2D eigenvalue weighted by Crippen LogP contribution is 2.29. The van der Waals surface area contributed by atoms with Crippen molar-refractivity contribution in [2.24, 2.45) is 0 Å². The van der Waals surface area contributed by atoms with Gasteiger partial charge in [0.25, 0.3) is 0 Å². The number of hydrogen-bond donors (Lipinski definition) is 2. The van der Waals surface area contributed by atoms with E-state index in [0.717, 1.165) is 22.5 Å². The number of benzene rings is 1. The van der Waals surface area contributed by atoms with Gasteiger partial charge in [0.05, 0.1) is 21.9 Å². The number of nitrogens with two attached hydrogens (primary N) is 1. The topological polar surface area (TPSA) is 63.8 Å². The first-order chi connectivity index (χ1) is 10.1. The van der Waals surface area contributed by atoms with Crippen LogP contribution in [0.4, 0.5) is 15.8 Å². The summed E-state index contributed by atoms with van der Waals surface area (Å²) in [5.74, 6) is -0.381. The van der Waals surface area contributed by atoms with Crippen molar-refractivity contribution < 1.29 is 4.39 Å². The molecule has 0 amide bonds. The van der Waals surface area contributed by atoms with Gasteiger partial charge >= 0.3 is 0 Å². The zero-order chi connectivity index (χ0) is 14.8. The lowest BCUT2D eigenvalue weighted by atomic mass is 10.1. The Morgan fingerprint density at radius 1 is 1.43 bits per heavy atom. The van der Waals surface area contributed by atoms with Crippen LogP contribution in [0.15, 0.2) is 29.8 Å². The summed E-state index contributed by atoms with van der Waals surface area (Å²) in [5.41, 5.74) is 8.20. The lowest BCUT2D eigenvalue weighted by Crippen LogP contribution is -2.08. The number of anilines is 2. The number of nitrogen functional groups attached to an aromatic ring is 1. The zero-order valence-corrected chi connectivity index (χ0v) is 12.4. The molecule has 21 heavy (non-hydrogen) atoms. The van der Waals surface area contributed by atoms with Gasteiger partial charge in [0.15, 0.2) is 5.82 Å². The second-order valence-corrected chi connectivity index (χ2v) is 5.82. The summed E-state index contributed by atoms with van der Waals surface area (Å²) in [6.07, 6.45) is 2.37. The number of aryl methyl sites for hydroxylation is 1. The van der Waals surface area contributed by atoms with Gasteiger partial charge in [0.1, 0.15) is 0 Å². The van der Waals surface area contributed by atoms with Crippen molar-refractivity contribution in [1.82, 2.24) is 9.97 Å². The predicted molar refractivity (Wildman–Crippen MR) is 85.2 cm³/mol. The highest BCUT2D eigenvalue weighted by Gasteiger charge is 2.11. The van der Waals surface area contributed by atoms with Crippen molar-refractivity contribution in [3.63, 3.8) is 0 Å². The second-order valence-electron chi connectivity index (χ2n) is 4.76. The van der Waals surface area contributed by atoms with E-state index in [1.54, 1.807) is 23.6 Å². The van der Waals surface area contributed by atoms with Crippen molar-refractivity contribution >= 4 is 33.6 Å². The fourth-order valence-electron chi connectivity index (χ4n) is 2.24. The van der Waals surface area contributed by atoms with Gasteiger partial charge in [-0.3, -0.25) is 4.98 Å². The van der Waals surface area contributed by atoms with Gasteiger partial charge in [-0.25, -0.2) is 9.37 Å². The summed E-state index contributed by atoms with van der Waals surface area (Å²) >= 11 is 1.62. The quantitative estimate of drug-likeness (QED) is 0.725. The van der Waals surface area contributed by atoms with E-state index in [4.69, 9.17) is 5.73 Å². The summed E-state index contributed by atoms with van der Waals surface area (Å²) in [5, 5.41) is 6.93. The molecule has 0 spiro atoms. The Hall–Kier alpha value is -2.21. The van der Waals surface area contributed by atoms with Crippen molar-refractivity contribution in [2.75, 3.05) is 17.6 Å². The number of aromatic nitrogens is 2. The van der Waals surface area contributed by atoms with E-state index >= 15 is 0 Å². The van der Waals surface area contributed by atoms with E-state index in [0.29, 0.717) is 23.4 Å². The van der Waals surface area contributed by atoms with Gasteiger partial charge in [-0.1, -0.05) is 0 Å². The Bertz CT molecular complexity index is 784. The van der Waals surface area contributed by atoms with Crippen LogP contribution in [0, 0.1) is 12.7 Å². The molecule has 2 aromatic heterocycles. The van der Waals surface area contributed by atoms with Crippen LogP contribution in [-0.4, -0.2) is 16.5 Å². The Morgan fingerprint density at radius 2 is 2.29 bits per heavy atom. The molecule has 4 nitrogen and oxygen atoms in total. The smallest absolute Gasteiger partial charge is 0.150 e. The number of nitrogens with zero attached hydrogens (tertiary/aromatic N) is 2. The van der Waals surface area contributed by atoms with Crippen LogP contribution in [0.3, 0.4) is 0 Å². The number of thiazole rings is 1. The van der Waals surface area contributed by atoms with Crippen molar-refractivity contribution in [3.05, 3.63) is 46.3 Å². The molecule has 6 heteroatoms. The molecule has 0 fully saturated rings. The molecule has 108 valence electrons. The van der Waals surface area contributed by atoms with Crippen molar-refractivity contribution in [2.45, 2.75) is 13.3 Å². The maximum atomic E-state index is 14.1. The third-order valence-corrected chi connectivity index (χ3v) is 4.05. The summed E-state index contributed by atoms with van der Waals surface area (Å²) in [6, 6.07) is 4.96. The normalized spacial score (nSPS) is 11.0. The first-order valence-corrected chi connectivity index (χ1v) is 7.50. The van der Waals surface area contributed by atoms with Gasteiger partial charge in [0.2, 0.25) is 0 Å². The van der Waals surface area contributed by atoms with E-state index in [1.165, 1.54) is 6.07 Å². The number of fused-ring (bicyclic) bond motifs is 1. The Labute approximate surface area is 125 Å². The van der Waals surface area contributed by atoms with Crippen LogP contribution in [0.5, 0.6) is 0 Å². The first-order valence-electron chi connectivity index (χ1n) is 6.62. The standard InChI is InChI=1S/C15H15FN4S/c1-9-20-10(8-21-9)4-6-19-15-12(16)7-13(17)11-3-2-5-18-14(11)15/h2-3,5,7-8,19H,4,6,17H2,1H3. The Kier molecular flexibility index (Phi) is 3.70. The average Bonchev–Trinajstić information content (AvgIpc) is 2.88. The lowest BCUT2D eigenvalue weighted by Gasteiger charge is -2.11. The summed E-state index contributed by atoms with van der Waals surface area (Å²) in [6.45, 7) is 2.56. The number of nitrogens with one attached hydrogen (secondary N) is 1. The first kappa shape index (κ1) is 13.8. The SMILES string of the molecule is Cc1nc(CCNc2c(F)cc(N)c3cccnc23)cs1. The molecule has 2 heterocycles. The fraction of sp³-hybridized carbons (Fsp3) is 0.200. The maximum absolute atomic E-state index is 14.1. The molecule has 0 bridgehead atoms. The number of rotatable bonds is 4. The monoisotopic (exact) mass is 302 g/mol. The molecule has 3 N–H and O–H groups in total. The van der Waals surface area contributed by atoms with Crippen molar-refractivity contribution in [1.29, 1.82) is 0 Å². The Morgan fingerprint density at radius 3 is 3.05 bits per heavy atom. The van der Waals surface area contributed by atoms with E-state index < -0.39 is 0 Å². The number of pyridine rings is 1. The van der Waals surface area contributed by atoms with Gasteiger partial charge in [0, 0.05) is 35.6 Å².